The minimum Gasteiger partial charge on any atom is -0.478 e. The molecule has 0 heterocycles. The van der Waals surface area contributed by atoms with E-state index in [0.29, 0.717) is 10.6 Å². The third-order valence-electron chi connectivity index (χ3n) is 2.40. The van der Waals surface area contributed by atoms with Crippen molar-refractivity contribution in [2.24, 2.45) is 0 Å². The first kappa shape index (κ1) is 12.6. The van der Waals surface area contributed by atoms with E-state index >= 15 is 0 Å². The van der Waals surface area contributed by atoms with Gasteiger partial charge < -0.3 is 5.11 Å². The van der Waals surface area contributed by atoms with Crippen LogP contribution in [-0.2, 0) is 5.75 Å². The van der Waals surface area contributed by atoms with Crippen molar-refractivity contribution in [1.82, 2.24) is 0 Å². The van der Waals surface area contributed by atoms with Crippen molar-refractivity contribution in [3.63, 3.8) is 0 Å². The maximum atomic E-state index is 13.0. The molecular weight excluding hydrogens is 251 g/mol. The largest absolute Gasteiger partial charge is 0.478 e. The lowest BCUT2D eigenvalue weighted by Crippen LogP contribution is -1.98. The Hall–Kier alpha value is -1.81. The van der Waals surface area contributed by atoms with Crippen LogP contribution in [0.3, 0.4) is 0 Å². The first-order chi connectivity index (χ1) is 8.66. The molecule has 0 fully saturated rings. The molecule has 0 saturated heterocycles. The van der Waals surface area contributed by atoms with Crippen LogP contribution in [0.2, 0.25) is 0 Å². The Bertz CT molecular complexity index is 569. The Morgan fingerprint density at radius 2 is 1.94 bits per heavy atom. The molecule has 2 aromatic carbocycles. The van der Waals surface area contributed by atoms with Gasteiger partial charge in [0.2, 0.25) is 0 Å². The summed E-state index contributed by atoms with van der Waals surface area (Å²) in [6, 6.07) is 13.1. The van der Waals surface area contributed by atoms with E-state index in [-0.39, 0.29) is 11.4 Å². The number of hydrogen-bond acceptors (Lipinski definition) is 2. The van der Waals surface area contributed by atoms with E-state index < -0.39 is 5.97 Å². The molecule has 0 aromatic heterocycles. The van der Waals surface area contributed by atoms with Crippen molar-refractivity contribution >= 4 is 17.7 Å². The van der Waals surface area contributed by atoms with Crippen molar-refractivity contribution in [1.29, 1.82) is 0 Å². The SMILES string of the molecule is O=C(O)c1ccccc1SCc1cccc(F)c1. The summed E-state index contributed by atoms with van der Waals surface area (Å²) in [4.78, 5) is 11.7. The number of halogens is 1. The van der Waals surface area contributed by atoms with E-state index in [2.05, 4.69) is 0 Å². The fraction of sp³-hybridized carbons (Fsp3) is 0.0714. The summed E-state index contributed by atoms with van der Waals surface area (Å²) in [6.45, 7) is 0. The van der Waals surface area contributed by atoms with E-state index in [1.54, 1.807) is 30.3 Å². The second-order valence-electron chi connectivity index (χ2n) is 3.72. The summed E-state index contributed by atoms with van der Waals surface area (Å²) >= 11 is 1.39. The summed E-state index contributed by atoms with van der Waals surface area (Å²) in [6.07, 6.45) is 0. The van der Waals surface area contributed by atoms with Gasteiger partial charge in [0.15, 0.2) is 0 Å². The van der Waals surface area contributed by atoms with Crippen molar-refractivity contribution in [2.45, 2.75) is 10.6 Å². The molecule has 0 unspecified atom stereocenters. The molecule has 0 aliphatic heterocycles. The van der Waals surface area contributed by atoms with E-state index in [1.807, 2.05) is 6.07 Å². The topological polar surface area (TPSA) is 37.3 Å². The number of thioether (sulfide) groups is 1. The molecule has 0 amide bonds. The second kappa shape index (κ2) is 5.69. The molecule has 92 valence electrons. The highest BCUT2D eigenvalue weighted by atomic mass is 32.2. The zero-order valence-electron chi connectivity index (χ0n) is 9.47. The standard InChI is InChI=1S/C14H11FO2S/c15-11-5-3-4-10(8-11)9-18-13-7-2-1-6-12(13)14(16)17/h1-8H,9H2,(H,16,17). The number of rotatable bonds is 4. The van der Waals surface area contributed by atoms with Crippen LogP contribution in [0.15, 0.2) is 53.4 Å². The van der Waals surface area contributed by atoms with E-state index in [1.165, 1.54) is 23.9 Å². The molecule has 0 radical (unpaired) electrons. The molecule has 0 saturated carbocycles. The van der Waals surface area contributed by atoms with Crippen LogP contribution in [0, 0.1) is 5.82 Å². The average molecular weight is 262 g/mol. The van der Waals surface area contributed by atoms with Gasteiger partial charge in [0.25, 0.3) is 0 Å². The van der Waals surface area contributed by atoms with Crippen molar-refractivity contribution in [2.75, 3.05) is 0 Å². The van der Waals surface area contributed by atoms with Gasteiger partial charge >= 0.3 is 5.97 Å². The van der Waals surface area contributed by atoms with Crippen LogP contribution < -0.4 is 0 Å². The third kappa shape index (κ3) is 3.11. The van der Waals surface area contributed by atoms with Crippen LogP contribution in [0.1, 0.15) is 15.9 Å². The fourth-order valence-corrected chi connectivity index (χ4v) is 2.54. The first-order valence-electron chi connectivity index (χ1n) is 5.36. The molecule has 2 nitrogen and oxygen atoms in total. The van der Waals surface area contributed by atoms with E-state index in [4.69, 9.17) is 5.11 Å². The van der Waals surface area contributed by atoms with Gasteiger partial charge in [-0.05, 0) is 29.8 Å². The Balaban J connectivity index is 2.13. The number of benzene rings is 2. The van der Waals surface area contributed by atoms with Crippen molar-refractivity contribution < 1.29 is 14.3 Å². The molecule has 0 bridgehead atoms. The Morgan fingerprint density at radius 3 is 2.67 bits per heavy atom. The zero-order chi connectivity index (χ0) is 13.0. The maximum Gasteiger partial charge on any atom is 0.336 e. The van der Waals surface area contributed by atoms with Crippen LogP contribution in [0.25, 0.3) is 0 Å². The summed E-state index contributed by atoms with van der Waals surface area (Å²) in [5, 5.41) is 9.03. The second-order valence-corrected chi connectivity index (χ2v) is 4.74. The number of aromatic carboxylic acids is 1. The van der Waals surface area contributed by atoms with Gasteiger partial charge in [0, 0.05) is 10.6 Å². The van der Waals surface area contributed by atoms with Crippen LogP contribution in [0.4, 0.5) is 4.39 Å². The number of carboxylic acids is 1. The maximum absolute atomic E-state index is 13.0. The first-order valence-corrected chi connectivity index (χ1v) is 6.35. The summed E-state index contributed by atoms with van der Waals surface area (Å²) in [7, 11) is 0. The molecule has 18 heavy (non-hydrogen) atoms. The van der Waals surface area contributed by atoms with E-state index in [9.17, 15) is 9.18 Å². The minimum atomic E-state index is -0.947. The van der Waals surface area contributed by atoms with Crippen LogP contribution in [0.5, 0.6) is 0 Å². The van der Waals surface area contributed by atoms with Gasteiger partial charge in [-0.15, -0.1) is 11.8 Å². The summed E-state index contributed by atoms with van der Waals surface area (Å²) in [5.41, 5.74) is 1.11. The fourth-order valence-electron chi connectivity index (χ4n) is 1.56. The molecule has 0 aliphatic rings. The van der Waals surface area contributed by atoms with Crippen molar-refractivity contribution in [3.05, 3.63) is 65.5 Å². The van der Waals surface area contributed by atoms with Gasteiger partial charge in [-0.25, -0.2) is 9.18 Å². The monoisotopic (exact) mass is 262 g/mol. The predicted octanol–water partition coefficient (Wildman–Crippen LogP) is 3.82. The highest BCUT2D eigenvalue weighted by Crippen LogP contribution is 2.26. The number of carboxylic acid groups (broad SMARTS) is 1. The molecule has 2 aromatic rings. The van der Waals surface area contributed by atoms with Gasteiger partial charge in [0.1, 0.15) is 5.82 Å². The Kier molecular flexibility index (Phi) is 3.99. The number of hydrogen-bond donors (Lipinski definition) is 1. The summed E-state index contributed by atoms with van der Waals surface area (Å²) in [5.74, 6) is -0.681. The van der Waals surface area contributed by atoms with Crippen molar-refractivity contribution in [3.8, 4) is 0 Å². The Morgan fingerprint density at radius 1 is 1.17 bits per heavy atom. The van der Waals surface area contributed by atoms with Crippen LogP contribution >= 0.6 is 11.8 Å². The highest BCUT2D eigenvalue weighted by Gasteiger charge is 2.09. The van der Waals surface area contributed by atoms with Gasteiger partial charge in [-0.3, -0.25) is 0 Å². The lowest BCUT2D eigenvalue weighted by Gasteiger charge is -2.05. The smallest absolute Gasteiger partial charge is 0.336 e. The van der Waals surface area contributed by atoms with E-state index in [0.717, 1.165) is 5.56 Å². The predicted molar refractivity (Wildman–Crippen MR) is 69.4 cm³/mol. The Labute approximate surface area is 108 Å². The molecule has 2 rings (SSSR count). The molecular formula is C14H11FO2S. The summed E-state index contributed by atoms with van der Waals surface area (Å²) < 4.78 is 13.0. The average Bonchev–Trinajstić information content (AvgIpc) is 2.37. The molecule has 4 heteroatoms. The molecule has 0 spiro atoms. The third-order valence-corrected chi connectivity index (χ3v) is 3.55. The number of carbonyl (C=O) groups is 1. The normalized spacial score (nSPS) is 10.3. The highest BCUT2D eigenvalue weighted by molar-refractivity contribution is 7.98. The lowest BCUT2D eigenvalue weighted by molar-refractivity contribution is 0.0693. The van der Waals surface area contributed by atoms with Gasteiger partial charge in [-0.1, -0.05) is 24.3 Å². The van der Waals surface area contributed by atoms with Gasteiger partial charge in [-0.2, -0.15) is 0 Å². The van der Waals surface area contributed by atoms with Crippen LogP contribution in [-0.4, -0.2) is 11.1 Å². The molecule has 1 N–H and O–H groups in total. The molecule has 0 aliphatic carbocycles. The minimum absolute atomic E-state index is 0.277. The lowest BCUT2D eigenvalue weighted by atomic mass is 10.2. The molecule has 0 atom stereocenters. The van der Waals surface area contributed by atoms with Gasteiger partial charge in [0.05, 0.1) is 5.56 Å². The quantitative estimate of drug-likeness (QED) is 0.851. The zero-order valence-corrected chi connectivity index (χ0v) is 10.3.